The van der Waals surface area contributed by atoms with Crippen molar-refractivity contribution >= 4 is 16.7 Å². The molecule has 15 heavy (non-hydrogen) atoms. The van der Waals surface area contributed by atoms with Crippen LogP contribution in [0.4, 0.5) is 0 Å². The lowest BCUT2D eigenvalue weighted by Gasteiger charge is -2.06. The zero-order valence-electron chi connectivity index (χ0n) is 8.90. The summed E-state index contributed by atoms with van der Waals surface area (Å²) in [5.74, 6) is -0.00759. The molecule has 0 spiro atoms. The number of aryl methyl sites for hydroxylation is 1. The van der Waals surface area contributed by atoms with E-state index in [2.05, 4.69) is 0 Å². The lowest BCUT2D eigenvalue weighted by molar-refractivity contribution is 0.0969. The van der Waals surface area contributed by atoms with Gasteiger partial charge >= 0.3 is 0 Å². The first-order valence-electron chi connectivity index (χ1n) is 4.95. The van der Waals surface area contributed by atoms with E-state index in [-0.39, 0.29) is 5.78 Å². The van der Waals surface area contributed by atoms with E-state index >= 15 is 0 Å². The summed E-state index contributed by atoms with van der Waals surface area (Å²) in [6, 6.07) is 7.21. The number of benzene rings is 1. The molecular formula is C12H14N2O. The van der Waals surface area contributed by atoms with Gasteiger partial charge in [-0.2, -0.15) is 0 Å². The van der Waals surface area contributed by atoms with Gasteiger partial charge in [0.2, 0.25) is 0 Å². The van der Waals surface area contributed by atoms with Crippen molar-refractivity contribution < 1.29 is 4.79 Å². The molecule has 1 aromatic heterocycles. The highest BCUT2D eigenvalue weighted by atomic mass is 16.1. The van der Waals surface area contributed by atoms with Crippen LogP contribution in [0, 0.1) is 0 Å². The maximum atomic E-state index is 11.8. The maximum Gasteiger partial charge on any atom is 0.179 e. The normalized spacial score (nSPS) is 13.0. The molecule has 1 atom stereocenters. The summed E-state index contributed by atoms with van der Waals surface area (Å²) < 4.78 is 1.99. The van der Waals surface area contributed by atoms with Crippen molar-refractivity contribution in [3.8, 4) is 0 Å². The Labute approximate surface area is 88.5 Å². The Hall–Kier alpha value is -1.61. The van der Waals surface area contributed by atoms with E-state index in [0.29, 0.717) is 5.56 Å². The lowest BCUT2D eigenvalue weighted by Crippen LogP contribution is -2.26. The standard InChI is InChI=1S/C12H14N2O/c1-8(13)12(15)10-4-3-5-11-9(10)6-7-14(11)2/h3-8H,13H2,1-2H3. The molecule has 0 bridgehead atoms. The Morgan fingerprint density at radius 1 is 1.40 bits per heavy atom. The first-order chi connectivity index (χ1) is 7.11. The van der Waals surface area contributed by atoms with Crippen molar-refractivity contribution in [1.29, 1.82) is 0 Å². The van der Waals surface area contributed by atoms with Crippen LogP contribution in [0.2, 0.25) is 0 Å². The predicted octanol–water partition coefficient (Wildman–Crippen LogP) is 1.71. The molecule has 0 amide bonds. The number of ketones is 1. The maximum absolute atomic E-state index is 11.8. The molecule has 1 unspecified atom stereocenters. The number of nitrogens with two attached hydrogens (primary N) is 1. The molecule has 0 saturated heterocycles. The zero-order chi connectivity index (χ0) is 11.0. The van der Waals surface area contributed by atoms with Gasteiger partial charge in [-0.25, -0.2) is 0 Å². The minimum Gasteiger partial charge on any atom is -0.351 e. The number of carbonyl (C=O) groups is 1. The van der Waals surface area contributed by atoms with Crippen LogP contribution in [0.1, 0.15) is 17.3 Å². The Bertz CT molecular complexity index is 511. The van der Waals surface area contributed by atoms with Crippen LogP contribution in [-0.4, -0.2) is 16.4 Å². The fraction of sp³-hybridized carbons (Fsp3) is 0.250. The predicted molar refractivity (Wildman–Crippen MR) is 60.9 cm³/mol. The molecule has 3 heteroatoms. The fourth-order valence-electron chi connectivity index (χ4n) is 1.76. The summed E-state index contributed by atoms with van der Waals surface area (Å²) in [6.45, 7) is 1.71. The second-order valence-electron chi connectivity index (χ2n) is 3.82. The van der Waals surface area contributed by atoms with Gasteiger partial charge < -0.3 is 10.3 Å². The summed E-state index contributed by atoms with van der Waals surface area (Å²) >= 11 is 0. The van der Waals surface area contributed by atoms with Gasteiger partial charge in [0, 0.05) is 29.7 Å². The van der Waals surface area contributed by atoms with Crippen molar-refractivity contribution in [3.05, 3.63) is 36.0 Å². The number of hydrogen-bond acceptors (Lipinski definition) is 2. The van der Waals surface area contributed by atoms with E-state index in [1.807, 2.05) is 42.1 Å². The second kappa shape index (κ2) is 3.51. The molecule has 3 nitrogen and oxygen atoms in total. The van der Waals surface area contributed by atoms with Crippen LogP contribution in [-0.2, 0) is 7.05 Å². The Morgan fingerprint density at radius 3 is 2.80 bits per heavy atom. The largest absolute Gasteiger partial charge is 0.351 e. The Balaban J connectivity index is 2.66. The van der Waals surface area contributed by atoms with Gasteiger partial charge in [-0.15, -0.1) is 0 Å². The lowest BCUT2D eigenvalue weighted by atomic mass is 10.0. The number of carbonyl (C=O) groups excluding carboxylic acids is 1. The molecule has 0 saturated carbocycles. The van der Waals surface area contributed by atoms with Crippen molar-refractivity contribution in [3.63, 3.8) is 0 Å². The van der Waals surface area contributed by atoms with Gasteiger partial charge in [0.05, 0.1) is 6.04 Å². The quantitative estimate of drug-likeness (QED) is 0.753. The zero-order valence-corrected chi connectivity index (χ0v) is 8.90. The average molecular weight is 202 g/mol. The highest BCUT2D eigenvalue weighted by molar-refractivity contribution is 6.09. The third-order valence-corrected chi connectivity index (χ3v) is 2.61. The molecule has 1 aromatic carbocycles. The van der Waals surface area contributed by atoms with Gasteiger partial charge in [-0.05, 0) is 19.1 Å². The Morgan fingerprint density at radius 2 is 2.13 bits per heavy atom. The molecule has 78 valence electrons. The number of fused-ring (bicyclic) bond motifs is 1. The van der Waals surface area contributed by atoms with E-state index in [1.54, 1.807) is 6.92 Å². The summed E-state index contributed by atoms with van der Waals surface area (Å²) in [6.07, 6.45) is 1.95. The summed E-state index contributed by atoms with van der Waals surface area (Å²) in [4.78, 5) is 11.8. The summed E-state index contributed by atoms with van der Waals surface area (Å²) in [7, 11) is 1.96. The Kier molecular flexibility index (Phi) is 2.32. The van der Waals surface area contributed by atoms with Crippen molar-refractivity contribution in [2.45, 2.75) is 13.0 Å². The number of aromatic nitrogens is 1. The van der Waals surface area contributed by atoms with Crippen molar-refractivity contribution in [2.24, 2.45) is 12.8 Å². The van der Waals surface area contributed by atoms with E-state index in [4.69, 9.17) is 5.73 Å². The smallest absolute Gasteiger partial charge is 0.179 e. The minimum absolute atomic E-state index is 0.00759. The average Bonchev–Trinajstić information content (AvgIpc) is 2.59. The molecule has 0 radical (unpaired) electrons. The molecule has 2 aromatic rings. The molecule has 0 aliphatic carbocycles. The van der Waals surface area contributed by atoms with Gasteiger partial charge in [0.15, 0.2) is 5.78 Å². The van der Waals surface area contributed by atoms with Gasteiger partial charge in [-0.1, -0.05) is 12.1 Å². The SMILES string of the molecule is CC(N)C(=O)c1cccc2c1ccn2C. The van der Waals surface area contributed by atoms with E-state index in [9.17, 15) is 4.79 Å². The molecular weight excluding hydrogens is 188 g/mol. The van der Waals surface area contributed by atoms with E-state index < -0.39 is 6.04 Å². The van der Waals surface area contributed by atoms with E-state index in [0.717, 1.165) is 10.9 Å². The van der Waals surface area contributed by atoms with Crippen LogP contribution in [0.15, 0.2) is 30.5 Å². The number of rotatable bonds is 2. The minimum atomic E-state index is -0.448. The first kappa shape index (κ1) is 9.93. The van der Waals surface area contributed by atoms with Crippen molar-refractivity contribution in [1.82, 2.24) is 4.57 Å². The number of Topliss-reactive ketones (excluding diaryl/α,β-unsaturated/α-hetero) is 1. The molecule has 2 N–H and O–H groups in total. The van der Waals surface area contributed by atoms with Crippen LogP contribution in [0.3, 0.4) is 0 Å². The molecule has 1 heterocycles. The molecule has 0 aliphatic rings. The molecule has 2 rings (SSSR count). The van der Waals surface area contributed by atoms with Crippen LogP contribution in [0.5, 0.6) is 0 Å². The monoisotopic (exact) mass is 202 g/mol. The van der Waals surface area contributed by atoms with Gasteiger partial charge in [-0.3, -0.25) is 4.79 Å². The highest BCUT2D eigenvalue weighted by Crippen LogP contribution is 2.20. The van der Waals surface area contributed by atoms with Crippen molar-refractivity contribution in [2.75, 3.05) is 0 Å². The second-order valence-corrected chi connectivity index (χ2v) is 3.82. The first-order valence-corrected chi connectivity index (χ1v) is 4.95. The van der Waals surface area contributed by atoms with Crippen LogP contribution >= 0.6 is 0 Å². The van der Waals surface area contributed by atoms with Crippen LogP contribution in [0.25, 0.3) is 10.9 Å². The topological polar surface area (TPSA) is 48.0 Å². The third kappa shape index (κ3) is 1.55. The fourth-order valence-corrected chi connectivity index (χ4v) is 1.76. The van der Waals surface area contributed by atoms with Gasteiger partial charge in [0.1, 0.15) is 0 Å². The van der Waals surface area contributed by atoms with Crippen LogP contribution < -0.4 is 5.73 Å². The van der Waals surface area contributed by atoms with E-state index in [1.165, 1.54) is 0 Å². The highest BCUT2D eigenvalue weighted by Gasteiger charge is 2.14. The molecule has 0 aliphatic heterocycles. The number of nitrogens with zero attached hydrogens (tertiary/aromatic N) is 1. The molecule has 0 fully saturated rings. The summed E-state index contributed by atoms with van der Waals surface area (Å²) in [5.41, 5.74) is 7.38. The van der Waals surface area contributed by atoms with Gasteiger partial charge in [0.25, 0.3) is 0 Å². The number of hydrogen-bond donors (Lipinski definition) is 1. The summed E-state index contributed by atoms with van der Waals surface area (Å²) in [5, 5.41) is 0.974. The third-order valence-electron chi connectivity index (χ3n) is 2.61.